The summed E-state index contributed by atoms with van der Waals surface area (Å²) in [7, 11) is 0. The Morgan fingerprint density at radius 3 is 2.62 bits per heavy atom. The van der Waals surface area contributed by atoms with Crippen LogP contribution in [0.15, 0.2) is 0 Å². The van der Waals surface area contributed by atoms with Gasteiger partial charge in [0.05, 0.1) is 0 Å². The van der Waals surface area contributed by atoms with Crippen LogP contribution in [-0.2, 0) is 0 Å². The number of hydrogen-bond acceptors (Lipinski definition) is 2. The molecule has 2 heteroatoms. The topological polar surface area (TPSA) is 3.01 Å². The molecule has 6 aliphatic rings. The minimum Gasteiger partial charge on any atom is -0.288 e. The number of piperidine rings is 1. The van der Waals surface area contributed by atoms with Crippen molar-refractivity contribution in [3.05, 3.63) is 0 Å². The van der Waals surface area contributed by atoms with Crippen LogP contribution in [0, 0.1) is 23.7 Å². The first-order valence-electron chi connectivity index (χ1n) is 5.72. The Balaban J connectivity index is 1.59. The molecule has 3 aliphatic carbocycles. The van der Waals surface area contributed by atoms with E-state index in [4.69, 9.17) is 0 Å². The van der Waals surface area contributed by atoms with Gasteiger partial charge in [-0.15, -0.1) is 0 Å². The largest absolute Gasteiger partial charge is 0.288 e. The monoisotopic (exact) mass is 193 g/mol. The van der Waals surface area contributed by atoms with Crippen LogP contribution < -0.4 is 0 Å². The van der Waals surface area contributed by atoms with Gasteiger partial charge in [-0.3, -0.25) is 4.90 Å². The molecule has 9 unspecified atom stereocenters. The minimum atomic E-state index is 1.05. The van der Waals surface area contributed by atoms with Gasteiger partial charge in [-0.05, 0) is 42.8 Å². The highest BCUT2D eigenvalue weighted by atomic mass is 32.2. The van der Waals surface area contributed by atoms with Crippen molar-refractivity contribution in [2.45, 2.75) is 36.2 Å². The van der Waals surface area contributed by atoms with E-state index in [-0.39, 0.29) is 0 Å². The van der Waals surface area contributed by atoms with Gasteiger partial charge in [-0.1, -0.05) is 0 Å². The molecule has 0 amide bonds. The second-order valence-corrected chi connectivity index (χ2v) is 6.82. The molecule has 3 saturated heterocycles. The van der Waals surface area contributed by atoms with Crippen LogP contribution in [0.2, 0.25) is 0 Å². The van der Waals surface area contributed by atoms with E-state index in [2.05, 4.69) is 22.9 Å². The van der Waals surface area contributed by atoms with Crippen LogP contribution in [0.25, 0.3) is 0 Å². The van der Waals surface area contributed by atoms with E-state index >= 15 is 0 Å². The molecule has 0 aromatic rings. The molecule has 6 fully saturated rings. The maximum atomic E-state index is 2.80. The molecule has 13 heavy (non-hydrogen) atoms. The van der Waals surface area contributed by atoms with Crippen molar-refractivity contribution in [3.8, 4) is 0 Å². The van der Waals surface area contributed by atoms with Crippen molar-refractivity contribution in [1.82, 2.24) is 4.90 Å². The number of rotatable bonds is 1. The van der Waals surface area contributed by atoms with Crippen LogP contribution in [-0.4, -0.2) is 34.5 Å². The first-order chi connectivity index (χ1) is 6.42. The second-order valence-electron chi connectivity index (χ2n) is 5.74. The molecule has 3 saturated carbocycles. The van der Waals surface area contributed by atoms with Crippen molar-refractivity contribution in [2.75, 3.05) is 6.26 Å². The molecule has 0 aromatic carbocycles. The first-order valence-corrected chi connectivity index (χ1v) is 7.01. The van der Waals surface area contributed by atoms with Gasteiger partial charge in [0.25, 0.3) is 0 Å². The molecule has 0 radical (unpaired) electrons. The van der Waals surface area contributed by atoms with Gasteiger partial charge >= 0.3 is 0 Å². The van der Waals surface area contributed by atoms with Gasteiger partial charge in [0, 0.05) is 23.4 Å². The van der Waals surface area contributed by atoms with Gasteiger partial charge < -0.3 is 0 Å². The van der Waals surface area contributed by atoms with E-state index < -0.39 is 0 Å². The molecular weight excluding hydrogens is 178 g/mol. The summed E-state index contributed by atoms with van der Waals surface area (Å²) in [6, 6.07) is 3.36. The second kappa shape index (κ2) is 1.71. The summed E-state index contributed by atoms with van der Waals surface area (Å²) in [5, 5.41) is 1.05. The zero-order chi connectivity index (χ0) is 8.32. The lowest BCUT2D eigenvalue weighted by atomic mass is 9.81. The molecule has 4 bridgehead atoms. The van der Waals surface area contributed by atoms with Gasteiger partial charge in [-0.2, -0.15) is 11.8 Å². The van der Waals surface area contributed by atoms with Crippen LogP contribution >= 0.6 is 11.8 Å². The fourth-order valence-electron chi connectivity index (χ4n) is 5.37. The predicted molar refractivity (Wildman–Crippen MR) is 53.7 cm³/mol. The van der Waals surface area contributed by atoms with Crippen LogP contribution in [0.1, 0.15) is 12.8 Å². The standard InChI is InChI=1S/C11H15NS/c1-13-6-3-4-2-5(6)8-7(4)9-11-10(8)12(9)11/h4-11H,2-3H2,1H3. The summed E-state index contributed by atoms with van der Waals surface area (Å²) in [4.78, 5) is 2.80. The van der Waals surface area contributed by atoms with Crippen molar-refractivity contribution in [1.29, 1.82) is 0 Å². The molecule has 70 valence electrons. The first kappa shape index (κ1) is 6.73. The molecule has 0 spiro atoms. The van der Waals surface area contributed by atoms with E-state index in [1.807, 2.05) is 0 Å². The third-order valence-corrected chi connectivity index (χ3v) is 6.86. The highest BCUT2D eigenvalue weighted by molar-refractivity contribution is 7.99. The van der Waals surface area contributed by atoms with E-state index in [1.54, 1.807) is 12.8 Å². The maximum Gasteiger partial charge on any atom is 0.0420 e. The quantitative estimate of drug-likeness (QED) is 0.580. The molecule has 9 atom stereocenters. The van der Waals surface area contributed by atoms with Crippen molar-refractivity contribution >= 4 is 11.8 Å². The molecule has 1 nitrogen and oxygen atoms in total. The molecular formula is C11H15NS. The maximum absolute atomic E-state index is 2.80. The number of fused-ring (bicyclic) bond motifs is 2. The van der Waals surface area contributed by atoms with Gasteiger partial charge in [-0.25, -0.2) is 0 Å². The normalized spacial score (nSPS) is 79.6. The Bertz CT molecular complexity index is 292. The Morgan fingerprint density at radius 1 is 1.08 bits per heavy atom. The lowest BCUT2D eigenvalue weighted by molar-refractivity contribution is 0.286. The van der Waals surface area contributed by atoms with Crippen LogP contribution in [0.4, 0.5) is 0 Å². The Kier molecular flexibility index (Phi) is 0.887. The van der Waals surface area contributed by atoms with E-state index in [1.165, 1.54) is 11.8 Å². The molecule has 0 aromatic heterocycles. The minimum absolute atomic E-state index is 1.05. The Hall–Kier alpha value is 0.310. The van der Waals surface area contributed by atoms with Gasteiger partial charge in [0.2, 0.25) is 0 Å². The SMILES string of the molecule is CSC1CC2CC1C1C2C2C3C1N23. The zero-order valence-electron chi connectivity index (χ0n) is 7.89. The van der Waals surface area contributed by atoms with Crippen molar-refractivity contribution in [2.24, 2.45) is 23.7 Å². The van der Waals surface area contributed by atoms with Crippen LogP contribution in [0.3, 0.4) is 0 Å². The summed E-state index contributed by atoms with van der Waals surface area (Å²) in [6.07, 6.45) is 5.50. The van der Waals surface area contributed by atoms with Crippen molar-refractivity contribution in [3.63, 3.8) is 0 Å². The Labute approximate surface area is 83.2 Å². The lowest BCUT2D eigenvalue weighted by Crippen LogP contribution is -2.28. The molecule has 6 rings (SSSR count). The average Bonchev–Trinajstić information content (AvgIpc) is 2.79. The number of nitrogens with zero attached hydrogens (tertiary/aromatic N) is 1. The highest BCUT2D eigenvalue weighted by Crippen LogP contribution is 2.77. The third kappa shape index (κ3) is 0.517. The lowest BCUT2D eigenvalue weighted by Gasteiger charge is -2.29. The van der Waals surface area contributed by atoms with Gasteiger partial charge in [0.1, 0.15) is 0 Å². The number of thioether (sulfide) groups is 1. The summed E-state index contributed by atoms with van der Waals surface area (Å²) in [5.41, 5.74) is 0. The number of hydrogen-bond donors (Lipinski definition) is 0. The van der Waals surface area contributed by atoms with E-state index in [9.17, 15) is 0 Å². The van der Waals surface area contributed by atoms with Gasteiger partial charge in [0.15, 0.2) is 0 Å². The predicted octanol–water partition coefficient (Wildman–Crippen LogP) is 1.44. The fourth-order valence-corrected chi connectivity index (χ4v) is 6.46. The van der Waals surface area contributed by atoms with E-state index in [0.717, 1.165) is 35.2 Å². The molecule has 0 N–H and O–H groups in total. The Morgan fingerprint density at radius 2 is 1.85 bits per heavy atom. The zero-order valence-corrected chi connectivity index (χ0v) is 8.70. The van der Waals surface area contributed by atoms with Crippen molar-refractivity contribution < 1.29 is 0 Å². The molecule has 3 heterocycles. The summed E-state index contributed by atoms with van der Waals surface area (Å²) in [5.74, 6) is 4.64. The van der Waals surface area contributed by atoms with E-state index in [0.29, 0.717) is 0 Å². The van der Waals surface area contributed by atoms with Crippen LogP contribution in [0.5, 0.6) is 0 Å². The summed E-state index contributed by atoms with van der Waals surface area (Å²) < 4.78 is 0. The summed E-state index contributed by atoms with van der Waals surface area (Å²) >= 11 is 2.16. The molecule has 3 aliphatic heterocycles. The highest BCUT2D eigenvalue weighted by Gasteiger charge is 2.86. The summed E-state index contributed by atoms with van der Waals surface area (Å²) in [6.45, 7) is 0. The fraction of sp³-hybridized carbons (Fsp3) is 1.00. The smallest absolute Gasteiger partial charge is 0.0420 e. The third-order valence-electron chi connectivity index (χ3n) is 5.72. The average molecular weight is 193 g/mol.